The summed E-state index contributed by atoms with van der Waals surface area (Å²) in [5.41, 5.74) is -1.21. The molecule has 1 aromatic rings. The average Bonchev–Trinajstić information content (AvgIpc) is 2.88. The summed E-state index contributed by atoms with van der Waals surface area (Å²) in [6.07, 6.45) is 2.30. The molecule has 94 valence electrons. The molecule has 6 heteroatoms. The zero-order chi connectivity index (χ0) is 12.5. The summed E-state index contributed by atoms with van der Waals surface area (Å²) in [6, 6.07) is 0. The van der Waals surface area contributed by atoms with Crippen molar-refractivity contribution in [1.29, 1.82) is 0 Å². The van der Waals surface area contributed by atoms with Crippen LogP contribution in [0.1, 0.15) is 31.1 Å². The van der Waals surface area contributed by atoms with E-state index >= 15 is 0 Å². The van der Waals surface area contributed by atoms with Crippen molar-refractivity contribution in [3.63, 3.8) is 0 Å². The topological polar surface area (TPSA) is 62.2 Å². The van der Waals surface area contributed by atoms with E-state index in [2.05, 4.69) is 24.1 Å². The molecule has 4 nitrogen and oxygen atoms in total. The number of amides is 1. The lowest BCUT2D eigenvalue weighted by Crippen LogP contribution is -2.42. The molecule has 2 rings (SSSR count). The highest BCUT2D eigenvalue weighted by Gasteiger charge is 2.39. The van der Waals surface area contributed by atoms with Crippen molar-refractivity contribution in [3.8, 4) is 0 Å². The largest absolute Gasteiger partial charge is 0.379 e. The Morgan fingerprint density at radius 3 is 2.94 bits per heavy atom. The number of carbonyl (C=O) groups is 1. The molecular formula is C11H16N2O2S2. The van der Waals surface area contributed by atoms with E-state index in [-0.39, 0.29) is 5.91 Å². The lowest BCUT2D eigenvalue weighted by molar-refractivity contribution is -0.131. The SMILES string of the molecule is CC(C)c1cnc(NC(=O)C2(O)CCSC2)s1. The van der Waals surface area contributed by atoms with Gasteiger partial charge in [0, 0.05) is 16.8 Å². The smallest absolute Gasteiger partial charge is 0.259 e. The average molecular weight is 272 g/mol. The molecule has 0 radical (unpaired) electrons. The second-order valence-corrected chi connectivity index (χ2v) is 6.68. The van der Waals surface area contributed by atoms with Gasteiger partial charge >= 0.3 is 0 Å². The lowest BCUT2D eigenvalue weighted by atomic mass is 10.0. The number of anilines is 1. The molecule has 1 saturated heterocycles. The van der Waals surface area contributed by atoms with Crippen molar-refractivity contribution in [2.75, 3.05) is 16.8 Å². The van der Waals surface area contributed by atoms with E-state index < -0.39 is 5.60 Å². The second kappa shape index (κ2) is 4.96. The van der Waals surface area contributed by atoms with Gasteiger partial charge in [-0.1, -0.05) is 13.8 Å². The molecule has 2 N–H and O–H groups in total. The number of hydrogen-bond acceptors (Lipinski definition) is 5. The van der Waals surface area contributed by atoms with Gasteiger partial charge in [-0.15, -0.1) is 11.3 Å². The van der Waals surface area contributed by atoms with Gasteiger partial charge in [-0.2, -0.15) is 11.8 Å². The van der Waals surface area contributed by atoms with Crippen LogP contribution in [0.3, 0.4) is 0 Å². The predicted molar refractivity (Wildman–Crippen MR) is 71.7 cm³/mol. The predicted octanol–water partition coefficient (Wildman–Crippen LogP) is 2.07. The van der Waals surface area contributed by atoms with Crippen LogP contribution in [0.25, 0.3) is 0 Å². The highest BCUT2D eigenvalue weighted by atomic mass is 32.2. The maximum absolute atomic E-state index is 11.9. The zero-order valence-corrected chi connectivity index (χ0v) is 11.5. The minimum Gasteiger partial charge on any atom is -0.379 e. The van der Waals surface area contributed by atoms with Crippen LogP contribution in [-0.4, -0.2) is 33.1 Å². The molecular weight excluding hydrogens is 256 g/mol. The Bertz CT molecular complexity index is 411. The van der Waals surface area contributed by atoms with Crippen molar-refractivity contribution in [2.24, 2.45) is 0 Å². The molecule has 1 aliphatic rings. The van der Waals surface area contributed by atoms with Crippen molar-refractivity contribution >= 4 is 34.1 Å². The summed E-state index contributed by atoms with van der Waals surface area (Å²) in [5, 5.41) is 13.4. The summed E-state index contributed by atoms with van der Waals surface area (Å²) in [5.74, 6) is 1.38. The first-order valence-electron chi connectivity index (χ1n) is 5.58. The number of nitrogens with one attached hydrogen (secondary N) is 1. The van der Waals surface area contributed by atoms with Crippen LogP contribution < -0.4 is 5.32 Å². The minimum atomic E-state index is -1.21. The molecule has 1 aromatic heterocycles. The molecule has 1 unspecified atom stereocenters. The first-order valence-corrected chi connectivity index (χ1v) is 7.56. The highest BCUT2D eigenvalue weighted by molar-refractivity contribution is 7.99. The molecule has 2 heterocycles. The monoisotopic (exact) mass is 272 g/mol. The third-order valence-electron chi connectivity index (χ3n) is 2.74. The molecule has 0 aromatic carbocycles. The summed E-state index contributed by atoms with van der Waals surface area (Å²) in [4.78, 5) is 17.2. The van der Waals surface area contributed by atoms with E-state index in [9.17, 15) is 9.90 Å². The molecule has 1 amide bonds. The van der Waals surface area contributed by atoms with Gasteiger partial charge in [0.15, 0.2) is 10.7 Å². The van der Waals surface area contributed by atoms with E-state index in [1.165, 1.54) is 11.3 Å². The third kappa shape index (κ3) is 2.81. The molecule has 1 atom stereocenters. The Morgan fingerprint density at radius 1 is 1.65 bits per heavy atom. The Kier molecular flexibility index (Phi) is 3.75. The van der Waals surface area contributed by atoms with Crippen LogP contribution in [0.15, 0.2) is 6.20 Å². The number of hydrogen-bond donors (Lipinski definition) is 2. The van der Waals surface area contributed by atoms with Crippen LogP contribution in [-0.2, 0) is 4.79 Å². The van der Waals surface area contributed by atoms with Crippen molar-refractivity contribution < 1.29 is 9.90 Å². The quantitative estimate of drug-likeness (QED) is 0.884. The Balaban J connectivity index is 2.02. The Hall–Kier alpha value is -0.590. The molecule has 1 fully saturated rings. The van der Waals surface area contributed by atoms with Gasteiger partial charge in [0.25, 0.3) is 5.91 Å². The van der Waals surface area contributed by atoms with Gasteiger partial charge in [-0.25, -0.2) is 4.98 Å². The normalized spacial score (nSPS) is 24.2. The number of nitrogens with zero attached hydrogens (tertiary/aromatic N) is 1. The summed E-state index contributed by atoms with van der Waals surface area (Å²) in [6.45, 7) is 4.17. The van der Waals surface area contributed by atoms with Crippen LogP contribution in [0.5, 0.6) is 0 Å². The van der Waals surface area contributed by atoms with Crippen LogP contribution in [0, 0.1) is 0 Å². The van der Waals surface area contributed by atoms with Crippen molar-refractivity contribution in [1.82, 2.24) is 4.98 Å². The fraction of sp³-hybridized carbons (Fsp3) is 0.636. The lowest BCUT2D eigenvalue weighted by Gasteiger charge is -2.18. The highest BCUT2D eigenvalue weighted by Crippen LogP contribution is 2.30. The number of rotatable bonds is 3. The first kappa shape index (κ1) is 12.9. The molecule has 0 spiro atoms. The number of aromatic nitrogens is 1. The molecule has 0 bridgehead atoms. The van der Waals surface area contributed by atoms with Gasteiger partial charge in [-0.05, 0) is 18.1 Å². The standard InChI is InChI=1S/C11H16N2O2S2/c1-7(2)8-5-12-10(17-8)13-9(14)11(15)3-4-16-6-11/h5,7,15H,3-4,6H2,1-2H3,(H,12,13,14). The number of thiazole rings is 1. The Labute approximate surface area is 109 Å². The van der Waals surface area contributed by atoms with Crippen molar-refractivity contribution in [3.05, 3.63) is 11.1 Å². The first-order chi connectivity index (χ1) is 8.01. The van der Waals surface area contributed by atoms with Crippen LogP contribution >= 0.6 is 23.1 Å². The fourth-order valence-electron chi connectivity index (χ4n) is 1.56. The van der Waals surface area contributed by atoms with E-state index in [0.29, 0.717) is 23.2 Å². The van der Waals surface area contributed by atoms with Crippen LogP contribution in [0.2, 0.25) is 0 Å². The van der Waals surface area contributed by atoms with Gasteiger partial charge in [0.1, 0.15) is 0 Å². The van der Waals surface area contributed by atoms with E-state index in [1.807, 2.05) is 0 Å². The number of thioether (sulfide) groups is 1. The molecule has 0 aliphatic carbocycles. The summed E-state index contributed by atoms with van der Waals surface area (Å²) >= 11 is 3.07. The molecule has 1 aliphatic heterocycles. The van der Waals surface area contributed by atoms with E-state index in [0.717, 1.165) is 10.6 Å². The van der Waals surface area contributed by atoms with Crippen molar-refractivity contribution in [2.45, 2.75) is 31.8 Å². The molecule has 0 saturated carbocycles. The summed E-state index contributed by atoms with van der Waals surface area (Å²) in [7, 11) is 0. The van der Waals surface area contributed by atoms with Gasteiger partial charge in [0.2, 0.25) is 0 Å². The fourth-order valence-corrected chi connectivity index (χ4v) is 3.61. The van der Waals surface area contributed by atoms with E-state index in [4.69, 9.17) is 0 Å². The molecule has 17 heavy (non-hydrogen) atoms. The van der Waals surface area contributed by atoms with Gasteiger partial charge < -0.3 is 5.11 Å². The summed E-state index contributed by atoms with van der Waals surface area (Å²) < 4.78 is 0. The van der Waals surface area contributed by atoms with E-state index in [1.54, 1.807) is 18.0 Å². The Morgan fingerprint density at radius 2 is 2.41 bits per heavy atom. The second-order valence-electron chi connectivity index (χ2n) is 4.51. The number of carbonyl (C=O) groups excluding carboxylic acids is 1. The maximum atomic E-state index is 11.9. The van der Waals surface area contributed by atoms with Gasteiger partial charge in [0.05, 0.1) is 0 Å². The maximum Gasteiger partial charge on any atom is 0.259 e. The third-order valence-corrected chi connectivity index (χ3v) is 5.12. The zero-order valence-electron chi connectivity index (χ0n) is 9.90. The van der Waals surface area contributed by atoms with Gasteiger partial charge in [-0.3, -0.25) is 10.1 Å². The number of aliphatic hydroxyl groups is 1. The minimum absolute atomic E-state index is 0.327. The van der Waals surface area contributed by atoms with Crippen LogP contribution in [0.4, 0.5) is 5.13 Å².